The molecule has 0 saturated carbocycles. The molecule has 1 saturated heterocycles. The molecule has 1 aliphatic heterocycles. The first kappa shape index (κ1) is 13.8. The van der Waals surface area contributed by atoms with Gasteiger partial charge in [-0.3, -0.25) is 0 Å². The SMILES string of the molecule is CCNCc1sc(N(C)C2CCOC2)nc1CC. The molecule has 0 aromatic carbocycles. The van der Waals surface area contributed by atoms with Crippen molar-refractivity contribution < 1.29 is 4.74 Å². The van der Waals surface area contributed by atoms with Gasteiger partial charge in [0.05, 0.1) is 18.3 Å². The van der Waals surface area contributed by atoms with E-state index in [4.69, 9.17) is 9.72 Å². The number of rotatable bonds is 6. The van der Waals surface area contributed by atoms with E-state index in [0.717, 1.165) is 44.3 Å². The zero-order valence-electron chi connectivity index (χ0n) is 11.5. The number of thiazole rings is 1. The fourth-order valence-electron chi connectivity index (χ4n) is 2.16. The van der Waals surface area contributed by atoms with Crippen LogP contribution in [0.2, 0.25) is 0 Å². The summed E-state index contributed by atoms with van der Waals surface area (Å²) in [5, 5.41) is 4.52. The molecule has 0 aliphatic carbocycles. The molecule has 2 heterocycles. The predicted octanol–water partition coefficient (Wildman–Crippen LogP) is 2.04. The summed E-state index contributed by atoms with van der Waals surface area (Å²) in [4.78, 5) is 8.43. The van der Waals surface area contributed by atoms with Crippen molar-refractivity contribution in [3.63, 3.8) is 0 Å². The number of ether oxygens (including phenoxy) is 1. The molecule has 18 heavy (non-hydrogen) atoms. The van der Waals surface area contributed by atoms with Crippen molar-refractivity contribution in [2.75, 3.05) is 31.7 Å². The molecular formula is C13H23N3OS. The molecule has 2 rings (SSSR count). The van der Waals surface area contributed by atoms with Crippen LogP contribution in [0.25, 0.3) is 0 Å². The molecular weight excluding hydrogens is 246 g/mol. The minimum Gasteiger partial charge on any atom is -0.379 e. The van der Waals surface area contributed by atoms with Gasteiger partial charge in [0, 0.05) is 25.1 Å². The highest BCUT2D eigenvalue weighted by molar-refractivity contribution is 7.15. The molecule has 0 bridgehead atoms. The lowest BCUT2D eigenvalue weighted by Gasteiger charge is -2.21. The Morgan fingerprint density at radius 1 is 1.50 bits per heavy atom. The Balaban J connectivity index is 2.09. The molecule has 1 aromatic heterocycles. The van der Waals surface area contributed by atoms with E-state index in [9.17, 15) is 0 Å². The molecule has 1 atom stereocenters. The van der Waals surface area contributed by atoms with E-state index in [1.807, 2.05) is 11.3 Å². The number of aromatic nitrogens is 1. The summed E-state index contributed by atoms with van der Waals surface area (Å²) in [6.07, 6.45) is 2.12. The maximum Gasteiger partial charge on any atom is 0.185 e. The Morgan fingerprint density at radius 2 is 2.33 bits per heavy atom. The minimum atomic E-state index is 0.493. The van der Waals surface area contributed by atoms with E-state index in [2.05, 4.69) is 31.1 Å². The summed E-state index contributed by atoms with van der Waals surface area (Å²) in [5.74, 6) is 0. The van der Waals surface area contributed by atoms with Gasteiger partial charge in [-0.1, -0.05) is 13.8 Å². The summed E-state index contributed by atoms with van der Waals surface area (Å²) in [7, 11) is 2.13. The van der Waals surface area contributed by atoms with Crippen LogP contribution >= 0.6 is 11.3 Å². The van der Waals surface area contributed by atoms with Gasteiger partial charge in [0.1, 0.15) is 0 Å². The van der Waals surface area contributed by atoms with Gasteiger partial charge < -0.3 is 15.0 Å². The molecule has 1 aliphatic rings. The molecule has 1 fully saturated rings. The number of hydrogen-bond donors (Lipinski definition) is 1. The second kappa shape index (κ2) is 6.50. The fraction of sp³-hybridized carbons (Fsp3) is 0.769. The number of nitrogens with zero attached hydrogens (tertiary/aromatic N) is 2. The third-order valence-corrected chi connectivity index (χ3v) is 4.58. The van der Waals surface area contributed by atoms with E-state index < -0.39 is 0 Å². The van der Waals surface area contributed by atoms with E-state index in [1.54, 1.807) is 0 Å². The zero-order chi connectivity index (χ0) is 13.0. The van der Waals surface area contributed by atoms with Crippen LogP contribution in [0.1, 0.15) is 30.8 Å². The van der Waals surface area contributed by atoms with Crippen molar-refractivity contribution in [3.8, 4) is 0 Å². The molecule has 0 spiro atoms. The van der Waals surface area contributed by atoms with Crippen LogP contribution in [-0.2, 0) is 17.7 Å². The zero-order valence-corrected chi connectivity index (χ0v) is 12.3. The Kier molecular flexibility index (Phi) is 4.97. The third kappa shape index (κ3) is 3.02. The van der Waals surface area contributed by atoms with Gasteiger partial charge >= 0.3 is 0 Å². The van der Waals surface area contributed by atoms with Crippen molar-refractivity contribution in [3.05, 3.63) is 10.6 Å². The smallest absolute Gasteiger partial charge is 0.185 e. The van der Waals surface area contributed by atoms with Crippen LogP contribution in [-0.4, -0.2) is 37.8 Å². The lowest BCUT2D eigenvalue weighted by molar-refractivity contribution is 0.193. The number of aryl methyl sites for hydroxylation is 1. The van der Waals surface area contributed by atoms with Crippen LogP contribution in [0.3, 0.4) is 0 Å². The van der Waals surface area contributed by atoms with Gasteiger partial charge in [0.25, 0.3) is 0 Å². The molecule has 0 radical (unpaired) electrons. The quantitative estimate of drug-likeness (QED) is 0.857. The van der Waals surface area contributed by atoms with E-state index in [1.165, 1.54) is 10.6 Å². The van der Waals surface area contributed by atoms with Crippen molar-refractivity contribution in [1.29, 1.82) is 0 Å². The van der Waals surface area contributed by atoms with Gasteiger partial charge in [0.2, 0.25) is 0 Å². The molecule has 4 nitrogen and oxygen atoms in total. The fourth-order valence-corrected chi connectivity index (χ4v) is 3.31. The number of hydrogen-bond acceptors (Lipinski definition) is 5. The predicted molar refractivity (Wildman–Crippen MR) is 76.5 cm³/mol. The van der Waals surface area contributed by atoms with Gasteiger partial charge in [-0.25, -0.2) is 4.98 Å². The molecule has 1 N–H and O–H groups in total. The first-order chi connectivity index (χ1) is 8.76. The third-order valence-electron chi connectivity index (χ3n) is 3.39. The Bertz CT molecular complexity index is 374. The maximum atomic E-state index is 5.45. The number of nitrogens with one attached hydrogen (secondary N) is 1. The van der Waals surface area contributed by atoms with Crippen LogP contribution in [0, 0.1) is 0 Å². The molecule has 1 aromatic rings. The van der Waals surface area contributed by atoms with Crippen molar-refractivity contribution in [1.82, 2.24) is 10.3 Å². The minimum absolute atomic E-state index is 0.493. The summed E-state index contributed by atoms with van der Waals surface area (Å²) < 4.78 is 5.45. The highest BCUT2D eigenvalue weighted by atomic mass is 32.1. The van der Waals surface area contributed by atoms with Crippen LogP contribution in [0.15, 0.2) is 0 Å². The average molecular weight is 269 g/mol. The second-order valence-corrected chi connectivity index (χ2v) is 5.69. The first-order valence-electron chi connectivity index (χ1n) is 6.76. The monoisotopic (exact) mass is 269 g/mol. The highest BCUT2D eigenvalue weighted by Crippen LogP contribution is 2.28. The second-order valence-electron chi connectivity index (χ2n) is 4.63. The largest absolute Gasteiger partial charge is 0.379 e. The summed E-state index contributed by atoms with van der Waals surface area (Å²) >= 11 is 1.82. The van der Waals surface area contributed by atoms with Gasteiger partial charge in [0.15, 0.2) is 5.13 Å². The maximum absolute atomic E-state index is 5.45. The van der Waals surface area contributed by atoms with E-state index >= 15 is 0 Å². The first-order valence-corrected chi connectivity index (χ1v) is 7.57. The topological polar surface area (TPSA) is 37.4 Å². The Hall–Kier alpha value is -0.650. The number of anilines is 1. The Morgan fingerprint density at radius 3 is 2.94 bits per heavy atom. The Labute approximate surface area is 113 Å². The van der Waals surface area contributed by atoms with Crippen molar-refractivity contribution in [2.24, 2.45) is 0 Å². The van der Waals surface area contributed by atoms with Crippen LogP contribution in [0.4, 0.5) is 5.13 Å². The molecule has 0 amide bonds. The molecule has 1 unspecified atom stereocenters. The van der Waals surface area contributed by atoms with Crippen LogP contribution < -0.4 is 10.2 Å². The highest BCUT2D eigenvalue weighted by Gasteiger charge is 2.23. The molecule has 102 valence electrons. The lowest BCUT2D eigenvalue weighted by atomic mass is 10.2. The summed E-state index contributed by atoms with van der Waals surface area (Å²) in [6, 6.07) is 0.493. The average Bonchev–Trinajstić information content (AvgIpc) is 3.04. The standard InChI is InChI=1S/C13H23N3OS/c1-4-11-12(8-14-5-2)18-13(15-11)16(3)10-6-7-17-9-10/h10,14H,4-9H2,1-3H3. The normalized spacial score (nSPS) is 19.4. The van der Waals surface area contributed by atoms with Crippen molar-refractivity contribution in [2.45, 2.75) is 39.3 Å². The van der Waals surface area contributed by atoms with Gasteiger partial charge in [-0.05, 0) is 19.4 Å². The lowest BCUT2D eigenvalue weighted by Crippen LogP contribution is -2.31. The van der Waals surface area contributed by atoms with E-state index in [0.29, 0.717) is 6.04 Å². The van der Waals surface area contributed by atoms with Gasteiger partial charge in [-0.15, -0.1) is 11.3 Å². The van der Waals surface area contributed by atoms with E-state index in [-0.39, 0.29) is 0 Å². The van der Waals surface area contributed by atoms with Crippen LogP contribution in [0.5, 0.6) is 0 Å². The molecule has 5 heteroatoms. The van der Waals surface area contributed by atoms with Crippen molar-refractivity contribution >= 4 is 16.5 Å². The van der Waals surface area contributed by atoms with Gasteiger partial charge in [-0.2, -0.15) is 0 Å². The number of likely N-dealkylation sites (N-methyl/N-ethyl adjacent to an activating group) is 1. The summed E-state index contributed by atoms with van der Waals surface area (Å²) in [5.41, 5.74) is 1.24. The summed E-state index contributed by atoms with van der Waals surface area (Å²) in [6.45, 7) is 7.96.